The molecule has 0 atom stereocenters. The Kier molecular flexibility index (Phi) is 2.54. The Hall–Kier alpha value is -0.510. The minimum atomic E-state index is -0.805. The van der Waals surface area contributed by atoms with E-state index in [0.29, 0.717) is 24.4 Å². The summed E-state index contributed by atoms with van der Waals surface area (Å²) in [6.45, 7) is 2.08. The van der Waals surface area contributed by atoms with Gasteiger partial charge in [-0.25, -0.2) is 0 Å². The van der Waals surface area contributed by atoms with Gasteiger partial charge in [0.2, 0.25) is 0 Å². The lowest BCUT2D eigenvalue weighted by Gasteiger charge is -2.32. The molecule has 3 nitrogen and oxygen atoms in total. The number of hydrogen-bond donors (Lipinski definition) is 0. The number of rotatable bonds is 3. The second-order valence-electron chi connectivity index (χ2n) is 2.49. The first-order chi connectivity index (χ1) is 5.25. The van der Waals surface area contributed by atoms with E-state index in [0.717, 1.165) is 0 Å². The van der Waals surface area contributed by atoms with E-state index in [4.69, 9.17) is 4.74 Å². The van der Waals surface area contributed by atoms with E-state index in [-0.39, 0.29) is 5.97 Å². The van der Waals surface area contributed by atoms with Crippen LogP contribution in [0.3, 0.4) is 0 Å². The number of carbonyl (C=O) groups is 2. The van der Waals surface area contributed by atoms with Gasteiger partial charge in [0.05, 0.1) is 6.61 Å². The molecule has 0 aromatic rings. The summed E-state index contributed by atoms with van der Waals surface area (Å²) in [5.74, 6) is 0.791. The van der Waals surface area contributed by atoms with E-state index in [1.165, 1.54) is 0 Å². The van der Waals surface area contributed by atoms with Crippen LogP contribution in [0, 0.1) is 5.41 Å². The van der Waals surface area contributed by atoms with Crippen LogP contribution < -0.4 is 0 Å². The molecule has 1 fully saturated rings. The maximum absolute atomic E-state index is 11.1. The van der Waals surface area contributed by atoms with Gasteiger partial charge in [0.1, 0.15) is 11.7 Å². The summed E-state index contributed by atoms with van der Waals surface area (Å²) in [6.07, 6.45) is 0.710. The summed E-state index contributed by atoms with van der Waals surface area (Å²) < 4.78 is 4.76. The zero-order valence-corrected chi connectivity index (χ0v) is 7.15. The molecule has 1 aliphatic heterocycles. The molecule has 11 heavy (non-hydrogen) atoms. The molecule has 0 N–H and O–H groups in total. The highest BCUT2D eigenvalue weighted by molar-refractivity contribution is 8.00. The third kappa shape index (κ3) is 1.40. The molecule has 0 radical (unpaired) electrons. The number of thioether (sulfide) groups is 1. The lowest BCUT2D eigenvalue weighted by atomic mass is 9.94. The van der Waals surface area contributed by atoms with Crippen LogP contribution in [-0.4, -0.2) is 30.4 Å². The molecular weight excluding hydrogens is 164 g/mol. The molecule has 4 heteroatoms. The lowest BCUT2D eigenvalue weighted by Crippen LogP contribution is -2.46. The molecule has 1 rings (SSSR count). The monoisotopic (exact) mass is 174 g/mol. The normalized spacial score (nSPS) is 20.1. The van der Waals surface area contributed by atoms with Gasteiger partial charge in [0.15, 0.2) is 0 Å². The molecule has 1 heterocycles. The first kappa shape index (κ1) is 8.59. The van der Waals surface area contributed by atoms with Crippen molar-refractivity contribution in [2.24, 2.45) is 5.41 Å². The highest BCUT2D eigenvalue weighted by Gasteiger charge is 2.46. The molecule has 0 aromatic carbocycles. The Labute approximate surface area is 69.5 Å². The van der Waals surface area contributed by atoms with Gasteiger partial charge in [-0.3, -0.25) is 4.79 Å². The predicted molar refractivity (Wildman–Crippen MR) is 42.5 cm³/mol. The van der Waals surface area contributed by atoms with Gasteiger partial charge in [0.25, 0.3) is 0 Å². The molecule has 1 aliphatic rings. The van der Waals surface area contributed by atoms with Crippen molar-refractivity contribution in [2.75, 3.05) is 18.1 Å². The maximum Gasteiger partial charge on any atom is 0.321 e. The van der Waals surface area contributed by atoms with Crippen molar-refractivity contribution >= 4 is 24.0 Å². The number of aldehydes is 1. The molecular formula is C7H10O3S. The Bertz CT molecular complexity index is 175. The zero-order chi connectivity index (χ0) is 8.32. The Morgan fingerprint density at radius 1 is 1.73 bits per heavy atom. The number of hydrogen-bond acceptors (Lipinski definition) is 4. The van der Waals surface area contributed by atoms with Crippen LogP contribution in [0.5, 0.6) is 0 Å². The van der Waals surface area contributed by atoms with Crippen LogP contribution in [0.4, 0.5) is 0 Å². The van der Waals surface area contributed by atoms with Crippen LogP contribution in [0.1, 0.15) is 6.92 Å². The van der Waals surface area contributed by atoms with Gasteiger partial charge in [-0.1, -0.05) is 0 Å². The molecule has 0 saturated carbocycles. The summed E-state index contributed by atoms with van der Waals surface area (Å²) in [7, 11) is 0. The first-order valence-electron chi connectivity index (χ1n) is 3.46. The van der Waals surface area contributed by atoms with Crippen molar-refractivity contribution in [3.05, 3.63) is 0 Å². The van der Waals surface area contributed by atoms with Crippen molar-refractivity contribution in [1.82, 2.24) is 0 Å². The molecule has 62 valence electrons. The van der Waals surface area contributed by atoms with Crippen molar-refractivity contribution in [1.29, 1.82) is 0 Å². The van der Waals surface area contributed by atoms with Gasteiger partial charge in [-0.15, -0.1) is 0 Å². The number of ether oxygens (including phenoxy) is 1. The summed E-state index contributed by atoms with van der Waals surface area (Å²) in [6, 6.07) is 0. The Balaban J connectivity index is 2.54. The Morgan fingerprint density at radius 3 is 2.64 bits per heavy atom. The van der Waals surface area contributed by atoms with Gasteiger partial charge in [-0.05, 0) is 6.92 Å². The zero-order valence-electron chi connectivity index (χ0n) is 6.33. The molecule has 1 saturated heterocycles. The van der Waals surface area contributed by atoms with Crippen molar-refractivity contribution in [3.8, 4) is 0 Å². The van der Waals surface area contributed by atoms with Gasteiger partial charge in [-0.2, -0.15) is 11.8 Å². The molecule has 0 aliphatic carbocycles. The van der Waals surface area contributed by atoms with Crippen molar-refractivity contribution < 1.29 is 14.3 Å². The summed E-state index contributed by atoms with van der Waals surface area (Å²) in [5, 5.41) is 0. The molecule has 0 aromatic heterocycles. The van der Waals surface area contributed by atoms with Gasteiger partial charge in [0, 0.05) is 11.5 Å². The van der Waals surface area contributed by atoms with Gasteiger partial charge < -0.3 is 9.53 Å². The second-order valence-corrected chi connectivity index (χ2v) is 3.47. The molecule has 0 amide bonds. The van der Waals surface area contributed by atoms with E-state index in [1.54, 1.807) is 18.7 Å². The Morgan fingerprint density at radius 2 is 2.36 bits per heavy atom. The van der Waals surface area contributed by atoms with Crippen molar-refractivity contribution in [3.63, 3.8) is 0 Å². The van der Waals surface area contributed by atoms with E-state index in [1.807, 2.05) is 0 Å². The smallest absolute Gasteiger partial charge is 0.321 e. The standard InChI is InChI=1S/C7H10O3S/c1-2-10-6(9)7(3-8)4-11-5-7/h3H,2,4-5H2,1H3. The fourth-order valence-electron chi connectivity index (χ4n) is 0.831. The largest absolute Gasteiger partial charge is 0.465 e. The average molecular weight is 174 g/mol. The number of esters is 1. The van der Waals surface area contributed by atoms with E-state index < -0.39 is 5.41 Å². The average Bonchev–Trinajstić information content (AvgIpc) is 1.87. The highest BCUT2D eigenvalue weighted by Crippen LogP contribution is 2.36. The van der Waals surface area contributed by atoms with Crippen molar-refractivity contribution in [2.45, 2.75) is 6.92 Å². The van der Waals surface area contributed by atoms with Crippen LogP contribution in [0.25, 0.3) is 0 Å². The summed E-state index contributed by atoms with van der Waals surface area (Å²) in [5.41, 5.74) is -0.805. The minimum Gasteiger partial charge on any atom is -0.465 e. The van der Waals surface area contributed by atoms with Crippen LogP contribution in [0.2, 0.25) is 0 Å². The maximum atomic E-state index is 11.1. The lowest BCUT2D eigenvalue weighted by molar-refractivity contribution is -0.154. The van der Waals surface area contributed by atoms with E-state index in [2.05, 4.69) is 0 Å². The van der Waals surface area contributed by atoms with Crippen LogP contribution >= 0.6 is 11.8 Å². The first-order valence-corrected chi connectivity index (χ1v) is 4.62. The summed E-state index contributed by atoms with van der Waals surface area (Å²) in [4.78, 5) is 21.6. The third-order valence-electron chi connectivity index (χ3n) is 1.63. The second kappa shape index (κ2) is 3.26. The summed E-state index contributed by atoms with van der Waals surface area (Å²) >= 11 is 1.59. The SMILES string of the molecule is CCOC(=O)C1(C=O)CSC1. The van der Waals surface area contributed by atoms with E-state index >= 15 is 0 Å². The molecule has 0 spiro atoms. The fraction of sp³-hybridized carbons (Fsp3) is 0.714. The molecule has 0 unspecified atom stereocenters. The van der Waals surface area contributed by atoms with Crippen LogP contribution in [0.15, 0.2) is 0 Å². The quantitative estimate of drug-likeness (QED) is 0.354. The third-order valence-corrected chi connectivity index (χ3v) is 3.07. The fourth-order valence-corrected chi connectivity index (χ4v) is 1.85. The highest BCUT2D eigenvalue weighted by atomic mass is 32.2. The topological polar surface area (TPSA) is 43.4 Å². The van der Waals surface area contributed by atoms with E-state index in [9.17, 15) is 9.59 Å². The van der Waals surface area contributed by atoms with Gasteiger partial charge >= 0.3 is 5.97 Å². The predicted octanol–water partition coefficient (Wildman–Crippen LogP) is 0.482. The molecule has 0 bridgehead atoms. The minimum absolute atomic E-state index is 0.346. The number of carbonyl (C=O) groups excluding carboxylic acids is 2. The van der Waals surface area contributed by atoms with Crippen LogP contribution in [-0.2, 0) is 14.3 Å².